The van der Waals surface area contributed by atoms with Crippen LogP contribution in [0.4, 0.5) is 0 Å². The number of hydrogen-bond donors (Lipinski definition) is 2. The Morgan fingerprint density at radius 1 is 1.69 bits per heavy atom. The van der Waals surface area contributed by atoms with E-state index in [9.17, 15) is 4.79 Å². The minimum Gasteiger partial charge on any atom is -0.295 e. The molecule has 0 bridgehead atoms. The monoisotopic (exact) mass is 202 g/mol. The number of carbonyl (C=O) groups excluding carboxylic acids is 1. The van der Waals surface area contributed by atoms with Crippen LogP contribution in [-0.2, 0) is 4.79 Å². The fourth-order valence-electron chi connectivity index (χ4n) is 1.06. The largest absolute Gasteiger partial charge is 0.295 e. The Balaban J connectivity index is 2.80. The number of amidine groups is 1. The molecule has 1 amide bonds. The summed E-state index contributed by atoms with van der Waals surface area (Å²) >= 11 is 1.34. The van der Waals surface area contributed by atoms with Crippen LogP contribution in [-0.4, -0.2) is 28.4 Å². The zero-order chi connectivity index (χ0) is 10.0. The van der Waals surface area contributed by atoms with Crippen LogP contribution < -0.4 is 11.3 Å². The van der Waals surface area contributed by atoms with Gasteiger partial charge in [0.2, 0.25) is 5.17 Å². The first-order valence-corrected chi connectivity index (χ1v) is 5.26. The molecular weight excluding hydrogens is 188 g/mol. The summed E-state index contributed by atoms with van der Waals surface area (Å²) in [6, 6.07) is -0.305. The quantitative estimate of drug-likeness (QED) is 0.462. The molecule has 0 aromatic rings. The predicted molar refractivity (Wildman–Crippen MR) is 53.7 cm³/mol. The van der Waals surface area contributed by atoms with Crippen molar-refractivity contribution in [3.8, 4) is 0 Å². The summed E-state index contributed by atoms with van der Waals surface area (Å²) in [4.78, 5) is 11.6. The number of nitrogens with two attached hydrogens (primary N) is 1. The summed E-state index contributed by atoms with van der Waals surface area (Å²) in [6.45, 7) is 3.89. The third-order valence-electron chi connectivity index (χ3n) is 1.86. The zero-order valence-electron chi connectivity index (χ0n) is 7.94. The highest BCUT2D eigenvalue weighted by Gasteiger charge is 2.31. The third kappa shape index (κ3) is 1.94. The van der Waals surface area contributed by atoms with Crippen molar-refractivity contribution in [3.05, 3.63) is 0 Å². The van der Waals surface area contributed by atoms with Crippen LogP contribution in [0.5, 0.6) is 0 Å². The molecule has 3 N–H and O–H groups in total. The Hall–Kier alpha value is -0.750. The maximum absolute atomic E-state index is 11.6. The SMILES string of the molecule is CSC1=NNC(C(C)C)C(=O)N1N. The number of amides is 1. The highest BCUT2D eigenvalue weighted by molar-refractivity contribution is 8.13. The summed E-state index contributed by atoms with van der Waals surface area (Å²) in [7, 11) is 0. The fourth-order valence-corrected chi connectivity index (χ4v) is 1.49. The molecule has 0 radical (unpaired) electrons. The van der Waals surface area contributed by atoms with Gasteiger partial charge in [-0.25, -0.2) is 10.9 Å². The second-order valence-corrected chi connectivity index (χ2v) is 3.93. The zero-order valence-corrected chi connectivity index (χ0v) is 8.76. The number of nitrogens with zero attached hydrogens (tertiary/aromatic N) is 2. The highest BCUT2D eigenvalue weighted by atomic mass is 32.2. The summed E-state index contributed by atoms with van der Waals surface area (Å²) in [5.41, 5.74) is 2.80. The number of nitrogens with one attached hydrogen (secondary N) is 1. The molecule has 1 heterocycles. The molecular formula is C7H14N4OS. The van der Waals surface area contributed by atoms with Gasteiger partial charge < -0.3 is 0 Å². The van der Waals surface area contributed by atoms with Gasteiger partial charge in [-0.1, -0.05) is 25.6 Å². The van der Waals surface area contributed by atoms with Crippen molar-refractivity contribution in [2.24, 2.45) is 16.9 Å². The van der Waals surface area contributed by atoms with E-state index in [4.69, 9.17) is 5.84 Å². The summed E-state index contributed by atoms with van der Waals surface area (Å²) < 4.78 is 0. The van der Waals surface area contributed by atoms with Gasteiger partial charge in [0.1, 0.15) is 6.04 Å². The number of thioether (sulfide) groups is 1. The number of carbonyl (C=O) groups is 1. The van der Waals surface area contributed by atoms with Crippen LogP contribution in [0.25, 0.3) is 0 Å². The van der Waals surface area contributed by atoms with Crippen LogP contribution in [0.15, 0.2) is 5.10 Å². The van der Waals surface area contributed by atoms with E-state index in [0.717, 1.165) is 5.01 Å². The van der Waals surface area contributed by atoms with E-state index in [1.807, 2.05) is 20.1 Å². The van der Waals surface area contributed by atoms with E-state index in [1.165, 1.54) is 11.8 Å². The number of hydrogen-bond acceptors (Lipinski definition) is 5. The van der Waals surface area contributed by atoms with Gasteiger partial charge in [-0.05, 0) is 12.2 Å². The Labute approximate surface area is 81.7 Å². The summed E-state index contributed by atoms with van der Waals surface area (Å²) in [5, 5.41) is 5.60. The standard InChI is InChI=1S/C7H14N4OS/c1-4(2)5-6(12)11(8)7(13-3)10-9-5/h4-5,9H,8H2,1-3H3. The molecule has 0 spiro atoms. The summed E-state index contributed by atoms with van der Waals surface area (Å²) in [5.74, 6) is 5.61. The van der Waals surface area contributed by atoms with E-state index >= 15 is 0 Å². The van der Waals surface area contributed by atoms with Gasteiger partial charge in [-0.15, -0.1) is 0 Å². The molecule has 1 rings (SSSR count). The average molecular weight is 202 g/mol. The molecule has 1 aliphatic heterocycles. The molecule has 1 unspecified atom stereocenters. The molecule has 0 fully saturated rings. The Kier molecular flexibility index (Phi) is 3.16. The van der Waals surface area contributed by atoms with Crippen molar-refractivity contribution in [2.45, 2.75) is 19.9 Å². The van der Waals surface area contributed by atoms with Gasteiger partial charge in [0.15, 0.2) is 0 Å². The topological polar surface area (TPSA) is 70.7 Å². The predicted octanol–water partition coefficient (Wildman–Crippen LogP) is -0.0495. The van der Waals surface area contributed by atoms with E-state index in [1.54, 1.807) is 0 Å². The van der Waals surface area contributed by atoms with Gasteiger partial charge in [-0.3, -0.25) is 10.2 Å². The van der Waals surface area contributed by atoms with Gasteiger partial charge >= 0.3 is 0 Å². The molecule has 0 saturated heterocycles. The van der Waals surface area contributed by atoms with Crippen molar-refractivity contribution < 1.29 is 4.79 Å². The lowest BCUT2D eigenvalue weighted by atomic mass is 10.0. The third-order valence-corrected chi connectivity index (χ3v) is 2.51. The maximum Gasteiger partial charge on any atom is 0.267 e. The van der Waals surface area contributed by atoms with Crippen molar-refractivity contribution >= 4 is 22.8 Å². The van der Waals surface area contributed by atoms with E-state index in [0.29, 0.717) is 5.17 Å². The second-order valence-electron chi connectivity index (χ2n) is 3.16. The van der Waals surface area contributed by atoms with Crippen molar-refractivity contribution in [1.82, 2.24) is 10.4 Å². The Morgan fingerprint density at radius 2 is 2.31 bits per heavy atom. The number of hydrazine groups is 1. The molecule has 0 aromatic heterocycles. The molecule has 6 heteroatoms. The molecule has 5 nitrogen and oxygen atoms in total. The molecule has 13 heavy (non-hydrogen) atoms. The smallest absolute Gasteiger partial charge is 0.267 e. The van der Waals surface area contributed by atoms with Gasteiger partial charge in [0.05, 0.1) is 0 Å². The Bertz CT molecular complexity index is 241. The lowest BCUT2D eigenvalue weighted by molar-refractivity contribution is -0.131. The van der Waals surface area contributed by atoms with Crippen LogP contribution >= 0.6 is 11.8 Å². The van der Waals surface area contributed by atoms with E-state index < -0.39 is 0 Å². The van der Waals surface area contributed by atoms with E-state index in [2.05, 4.69) is 10.5 Å². The first-order valence-electron chi connectivity index (χ1n) is 4.03. The lowest BCUT2D eigenvalue weighted by Crippen LogP contribution is -2.56. The normalized spacial score (nSPS) is 23.2. The van der Waals surface area contributed by atoms with Crippen LogP contribution in [0.3, 0.4) is 0 Å². The number of rotatable bonds is 1. The van der Waals surface area contributed by atoms with Crippen molar-refractivity contribution in [2.75, 3.05) is 6.26 Å². The minimum absolute atomic E-state index is 0.130. The maximum atomic E-state index is 11.6. The molecule has 0 aromatic carbocycles. The van der Waals surface area contributed by atoms with Crippen molar-refractivity contribution in [1.29, 1.82) is 0 Å². The first-order chi connectivity index (χ1) is 6.07. The Morgan fingerprint density at radius 3 is 2.77 bits per heavy atom. The lowest BCUT2D eigenvalue weighted by Gasteiger charge is -2.29. The molecule has 1 atom stereocenters. The van der Waals surface area contributed by atoms with Crippen LogP contribution in [0.1, 0.15) is 13.8 Å². The molecule has 0 aliphatic carbocycles. The fraction of sp³-hybridized carbons (Fsp3) is 0.714. The van der Waals surface area contributed by atoms with Gasteiger partial charge in [0, 0.05) is 0 Å². The first kappa shape index (κ1) is 10.3. The van der Waals surface area contributed by atoms with Gasteiger partial charge in [-0.2, -0.15) is 5.10 Å². The van der Waals surface area contributed by atoms with Gasteiger partial charge in [0.25, 0.3) is 5.91 Å². The highest BCUT2D eigenvalue weighted by Crippen LogP contribution is 2.12. The average Bonchev–Trinajstić information content (AvgIpc) is 2.09. The molecule has 0 saturated carbocycles. The molecule has 1 aliphatic rings. The molecule has 74 valence electrons. The summed E-state index contributed by atoms with van der Waals surface area (Å²) in [6.07, 6.45) is 1.82. The van der Waals surface area contributed by atoms with Crippen LogP contribution in [0, 0.1) is 5.92 Å². The minimum atomic E-state index is -0.305. The van der Waals surface area contributed by atoms with Crippen molar-refractivity contribution in [3.63, 3.8) is 0 Å². The second kappa shape index (κ2) is 3.97. The van der Waals surface area contributed by atoms with E-state index in [-0.39, 0.29) is 17.9 Å². The van der Waals surface area contributed by atoms with Crippen LogP contribution in [0.2, 0.25) is 0 Å². The number of hydrazone groups is 1.